The van der Waals surface area contributed by atoms with Gasteiger partial charge in [-0.15, -0.1) is 22.9 Å². The molecule has 1 aliphatic rings. The summed E-state index contributed by atoms with van der Waals surface area (Å²) >= 11 is 7.75. The van der Waals surface area contributed by atoms with Crippen LogP contribution in [0, 0.1) is 0 Å². The number of thiophene rings is 1. The fourth-order valence-corrected chi connectivity index (χ4v) is 3.34. The minimum atomic E-state index is -0.166. The maximum absolute atomic E-state index is 5.93. The molecule has 0 spiro atoms. The van der Waals surface area contributed by atoms with E-state index in [0.717, 1.165) is 5.76 Å². The first-order valence-corrected chi connectivity index (χ1v) is 6.71. The van der Waals surface area contributed by atoms with Crippen molar-refractivity contribution in [1.82, 2.24) is 4.98 Å². The van der Waals surface area contributed by atoms with Crippen molar-refractivity contribution in [3.8, 4) is 10.6 Å². The van der Waals surface area contributed by atoms with Crippen molar-refractivity contribution in [3.63, 3.8) is 0 Å². The Morgan fingerprint density at radius 1 is 1.50 bits per heavy atom. The molecule has 2 aromatic rings. The third-order valence-corrected chi connectivity index (χ3v) is 4.29. The first kappa shape index (κ1) is 10.4. The molecule has 2 heterocycles. The molecule has 1 atom stereocenters. The molecule has 84 valence electrons. The highest BCUT2D eigenvalue weighted by Crippen LogP contribution is 2.37. The van der Waals surface area contributed by atoms with E-state index in [2.05, 4.69) is 11.1 Å². The van der Waals surface area contributed by atoms with Crippen LogP contribution in [0.5, 0.6) is 0 Å². The third-order valence-electron chi connectivity index (χ3n) is 2.85. The highest BCUT2D eigenvalue weighted by atomic mass is 35.5. The van der Waals surface area contributed by atoms with Crippen LogP contribution in [-0.2, 0) is 12.8 Å². The maximum Gasteiger partial charge on any atom is 0.212 e. The van der Waals surface area contributed by atoms with Gasteiger partial charge in [0.15, 0.2) is 5.76 Å². The van der Waals surface area contributed by atoms with Gasteiger partial charge in [-0.2, -0.15) is 0 Å². The zero-order valence-electron chi connectivity index (χ0n) is 9.00. The lowest BCUT2D eigenvalue weighted by atomic mass is 10.2. The van der Waals surface area contributed by atoms with Gasteiger partial charge in [0.2, 0.25) is 5.89 Å². The number of oxazole rings is 1. The molecule has 16 heavy (non-hydrogen) atoms. The molecule has 0 amide bonds. The smallest absolute Gasteiger partial charge is 0.212 e. The van der Waals surface area contributed by atoms with Crippen molar-refractivity contribution in [2.45, 2.75) is 31.6 Å². The second-order valence-electron chi connectivity index (χ2n) is 4.09. The van der Waals surface area contributed by atoms with Crippen molar-refractivity contribution in [2.24, 2.45) is 0 Å². The highest BCUT2D eigenvalue weighted by molar-refractivity contribution is 7.15. The average Bonchev–Trinajstić information content (AvgIpc) is 2.91. The number of hydrogen-bond donors (Lipinski definition) is 0. The van der Waals surface area contributed by atoms with E-state index in [0.29, 0.717) is 5.89 Å². The number of nitrogens with zero attached hydrogens (tertiary/aromatic N) is 1. The Morgan fingerprint density at radius 3 is 3.06 bits per heavy atom. The number of alkyl halides is 1. The average molecular weight is 254 g/mol. The summed E-state index contributed by atoms with van der Waals surface area (Å²) < 4.78 is 5.64. The Balaban J connectivity index is 1.95. The Kier molecular flexibility index (Phi) is 2.52. The molecule has 0 saturated heterocycles. The minimum Gasteiger partial charge on any atom is -0.438 e. The Morgan fingerprint density at radius 2 is 2.38 bits per heavy atom. The van der Waals surface area contributed by atoms with Gasteiger partial charge < -0.3 is 4.42 Å². The Hall–Kier alpha value is -0.800. The van der Waals surface area contributed by atoms with Crippen LogP contribution in [0.1, 0.15) is 35.1 Å². The van der Waals surface area contributed by atoms with Crippen molar-refractivity contribution < 1.29 is 4.42 Å². The van der Waals surface area contributed by atoms with Gasteiger partial charge in [0.1, 0.15) is 5.38 Å². The Labute approximate surface area is 103 Å². The molecule has 0 aliphatic heterocycles. The van der Waals surface area contributed by atoms with E-state index in [1.54, 1.807) is 6.20 Å². The van der Waals surface area contributed by atoms with Crippen LogP contribution in [-0.4, -0.2) is 4.98 Å². The quantitative estimate of drug-likeness (QED) is 0.750. The standard InChI is InChI=1S/C12H12ClNOS/c1-7(13)12-14-6-9(15-12)11-5-8-3-2-4-10(8)16-11/h5-7H,2-4H2,1H3. The summed E-state index contributed by atoms with van der Waals surface area (Å²) in [6.07, 6.45) is 5.49. The van der Waals surface area contributed by atoms with E-state index in [-0.39, 0.29) is 5.38 Å². The predicted molar refractivity (Wildman–Crippen MR) is 66.1 cm³/mol. The zero-order valence-corrected chi connectivity index (χ0v) is 10.6. The van der Waals surface area contributed by atoms with Crippen molar-refractivity contribution in [1.29, 1.82) is 0 Å². The van der Waals surface area contributed by atoms with Gasteiger partial charge in [-0.05, 0) is 37.8 Å². The van der Waals surface area contributed by atoms with Gasteiger partial charge in [-0.25, -0.2) is 4.98 Å². The van der Waals surface area contributed by atoms with Crippen LogP contribution in [0.25, 0.3) is 10.6 Å². The normalized spacial score (nSPS) is 16.4. The largest absolute Gasteiger partial charge is 0.438 e. The second-order valence-corrected chi connectivity index (χ2v) is 5.88. The SMILES string of the molecule is CC(Cl)c1ncc(-c2cc3c(s2)CCC3)o1. The number of rotatable bonds is 2. The summed E-state index contributed by atoms with van der Waals surface area (Å²) in [7, 11) is 0. The fourth-order valence-electron chi connectivity index (χ4n) is 2.04. The van der Waals surface area contributed by atoms with Crippen LogP contribution >= 0.6 is 22.9 Å². The molecule has 0 bridgehead atoms. The summed E-state index contributed by atoms with van der Waals surface area (Å²) in [5.74, 6) is 1.45. The Bertz CT molecular complexity index is 493. The van der Waals surface area contributed by atoms with Crippen LogP contribution in [0.4, 0.5) is 0 Å². The van der Waals surface area contributed by atoms with E-state index >= 15 is 0 Å². The zero-order chi connectivity index (χ0) is 11.1. The minimum absolute atomic E-state index is 0.166. The number of aryl methyl sites for hydroxylation is 2. The van der Waals surface area contributed by atoms with E-state index in [9.17, 15) is 0 Å². The summed E-state index contributed by atoms with van der Waals surface area (Å²) in [6, 6.07) is 2.23. The van der Waals surface area contributed by atoms with Crippen molar-refractivity contribution >= 4 is 22.9 Å². The molecule has 0 saturated carbocycles. The molecule has 3 rings (SSSR count). The molecule has 1 unspecified atom stereocenters. The summed E-state index contributed by atoms with van der Waals surface area (Å²) in [6.45, 7) is 1.87. The summed E-state index contributed by atoms with van der Waals surface area (Å²) in [5, 5.41) is -0.166. The lowest BCUT2D eigenvalue weighted by molar-refractivity contribution is 0.509. The summed E-state index contributed by atoms with van der Waals surface area (Å²) in [4.78, 5) is 6.87. The third kappa shape index (κ3) is 1.68. The van der Waals surface area contributed by atoms with Gasteiger partial charge in [0.05, 0.1) is 11.1 Å². The van der Waals surface area contributed by atoms with Gasteiger partial charge in [-0.1, -0.05) is 0 Å². The monoisotopic (exact) mass is 253 g/mol. The van der Waals surface area contributed by atoms with Crippen molar-refractivity contribution in [2.75, 3.05) is 0 Å². The first-order valence-electron chi connectivity index (χ1n) is 5.46. The first-order chi connectivity index (χ1) is 7.74. The molecular formula is C12H12ClNOS. The van der Waals surface area contributed by atoms with Gasteiger partial charge in [0.25, 0.3) is 0 Å². The maximum atomic E-state index is 5.93. The van der Waals surface area contributed by atoms with Crippen LogP contribution in [0.15, 0.2) is 16.7 Å². The van der Waals surface area contributed by atoms with Gasteiger partial charge in [0, 0.05) is 4.88 Å². The van der Waals surface area contributed by atoms with Crippen LogP contribution < -0.4 is 0 Å². The number of hydrogen-bond acceptors (Lipinski definition) is 3. The van der Waals surface area contributed by atoms with Crippen molar-refractivity contribution in [3.05, 3.63) is 28.6 Å². The molecule has 4 heteroatoms. The van der Waals surface area contributed by atoms with E-state index in [4.69, 9.17) is 16.0 Å². The lowest BCUT2D eigenvalue weighted by Crippen LogP contribution is -1.80. The van der Waals surface area contributed by atoms with Crippen LogP contribution in [0.2, 0.25) is 0 Å². The van der Waals surface area contributed by atoms with Crippen LogP contribution in [0.3, 0.4) is 0 Å². The molecule has 0 fully saturated rings. The molecule has 0 aromatic carbocycles. The molecular weight excluding hydrogens is 242 g/mol. The number of halogens is 1. The predicted octanol–water partition coefficient (Wildman–Crippen LogP) is 4.19. The summed E-state index contributed by atoms with van der Waals surface area (Å²) in [5.41, 5.74) is 1.48. The molecule has 0 N–H and O–H groups in total. The van der Waals surface area contributed by atoms with E-state index in [1.165, 1.54) is 34.6 Å². The van der Waals surface area contributed by atoms with Gasteiger partial charge in [-0.3, -0.25) is 0 Å². The second kappa shape index (κ2) is 3.90. The number of fused-ring (bicyclic) bond motifs is 1. The molecule has 1 aliphatic carbocycles. The fraction of sp³-hybridized carbons (Fsp3) is 0.417. The molecule has 2 aromatic heterocycles. The number of aromatic nitrogens is 1. The van der Waals surface area contributed by atoms with E-state index < -0.39 is 0 Å². The van der Waals surface area contributed by atoms with E-state index in [1.807, 2.05) is 18.3 Å². The lowest BCUT2D eigenvalue weighted by Gasteiger charge is -1.94. The molecule has 2 nitrogen and oxygen atoms in total. The molecule has 0 radical (unpaired) electrons. The topological polar surface area (TPSA) is 26.0 Å². The van der Waals surface area contributed by atoms with Gasteiger partial charge >= 0.3 is 0 Å². The highest BCUT2D eigenvalue weighted by Gasteiger charge is 2.18.